The predicted molar refractivity (Wildman–Crippen MR) is 252 cm³/mol. The molecule has 0 aliphatic carbocycles. The van der Waals surface area contributed by atoms with Gasteiger partial charge in [-0.3, -0.25) is 0 Å². The Morgan fingerprint density at radius 2 is 0.759 bits per heavy atom. The topological polar surface area (TPSA) is 3.24 Å². The number of fused-ring (bicyclic) bond motifs is 4. The van der Waals surface area contributed by atoms with Crippen LogP contribution in [0.5, 0.6) is 0 Å². The maximum Gasteiger partial charge on any atom is 0.113 e. The zero-order chi connectivity index (χ0) is 39.1. The molecular weight excluding hydrogens is 715 g/mol. The summed E-state index contributed by atoms with van der Waals surface area (Å²) in [5.41, 5.74) is 16.1. The number of benzene rings is 9. The maximum absolute atomic E-state index is 2.50. The van der Waals surface area contributed by atoms with Crippen molar-refractivity contribution in [3.63, 3.8) is 0 Å². The summed E-state index contributed by atoms with van der Waals surface area (Å²) in [4.78, 5) is 2.37. The maximum atomic E-state index is 2.50. The van der Waals surface area contributed by atoms with E-state index in [0.717, 1.165) is 11.4 Å². The second-order valence-electron chi connectivity index (χ2n) is 15.8. The van der Waals surface area contributed by atoms with Gasteiger partial charge in [-0.1, -0.05) is 189 Å². The molecule has 0 saturated carbocycles. The van der Waals surface area contributed by atoms with E-state index in [1.165, 1.54) is 82.5 Å². The average molecular weight is 758 g/mol. The zero-order valence-corrected chi connectivity index (χ0v) is 33.8. The molecule has 10 rings (SSSR count). The van der Waals surface area contributed by atoms with Gasteiger partial charge < -0.3 is 4.90 Å². The second kappa shape index (κ2) is 14.8. The highest BCUT2D eigenvalue weighted by atomic mass is 28.3. The summed E-state index contributed by atoms with van der Waals surface area (Å²) in [7, 11) is -1.98. The first-order valence-electron chi connectivity index (χ1n) is 20.2. The fourth-order valence-electron chi connectivity index (χ4n) is 8.74. The molecule has 1 aliphatic heterocycles. The summed E-state index contributed by atoms with van der Waals surface area (Å²) in [6, 6.07) is 77.5. The summed E-state index contributed by atoms with van der Waals surface area (Å²) in [5, 5.41) is 5.49. The molecule has 1 aliphatic rings. The van der Waals surface area contributed by atoms with Gasteiger partial charge >= 0.3 is 0 Å². The number of para-hydroxylation sites is 2. The summed E-state index contributed by atoms with van der Waals surface area (Å²) < 4.78 is 0. The van der Waals surface area contributed by atoms with Gasteiger partial charge in [0, 0.05) is 17.1 Å². The Kier molecular flexibility index (Phi) is 9.05. The molecule has 0 aromatic heterocycles. The first-order chi connectivity index (χ1) is 28.5. The van der Waals surface area contributed by atoms with Crippen molar-refractivity contribution >= 4 is 58.4 Å². The van der Waals surface area contributed by atoms with Crippen LogP contribution >= 0.6 is 0 Å². The van der Waals surface area contributed by atoms with Crippen LogP contribution < -0.4 is 15.3 Å². The van der Waals surface area contributed by atoms with E-state index in [4.69, 9.17) is 0 Å². The zero-order valence-electron chi connectivity index (χ0n) is 32.8. The van der Waals surface area contributed by atoms with E-state index >= 15 is 0 Å². The minimum Gasteiger partial charge on any atom is -0.311 e. The van der Waals surface area contributed by atoms with Gasteiger partial charge in [-0.05, 0) is 125 Å². The predicted octanol–water partition coefficient (Wildman–Crippen LogP) is 14.3. The molecule has 0 radical (unpaired) electrons. The standard InChI is InChI=1S/C56H43NSi/c1-58(2)55-36-41(26-34-51(55)52-35-33-50(39-56(52)58)57(48-18-8-4-9-19-48)49-20-10-5-11-21-49)23-22-40-24-27-44(28-25-40)53-37-46-16-12-13-17-47(46)38-54(53)45-31-29-43(30-32-45)42-14-6-3-7-15-42/h3-39H,1-2H3. The van der Waals surface area contributed by atoms with Crippen LogP contribution in [0.25, 0.3) is 67.4 Å². The molecule has 2 heteroatoms. The van der Waals surface area contributed by atoms with Crippen molar-refractivity contribution in [2.45, 2.75) is 13.1 Å². The van der Waals surface area contributed by atoms with Crippen LogP contribution in [0.3, 0.4) is 0 Å². The second-order valence-corrected chi connectivity index (χ2v) is 20.1. The Hall–Kier alpha value is -7.00. The number of rotatable bonds is 8. The van der Waals surface area contributed by atoms with Crippen molar-refractivity contribution in [1.82, 2.24) is 0 Å². The highest BCUT2D eigenvalue weighted by Crippen LogP contribution is 2.39. The molecule has 1 heterocycles. The summed E-state index contributed by atoms with van der Waals surface area (Å²) in [5.74, 6) is 0. The Morgan fingerprint density at radius 1 is 0.328 bits per heavy atom. The molecule has 276 valence electrons. The van der Waals surface area contributed by atoms with E-state index in [9.17, 15) is 0 Å². The number of hydrogen-bond donors (Lipinski definition) is 0. The molecule has 0 spiro atoms. The molecular formula is C56H43NSi. The highest BCUT2D eigenvalue weighted by Gasteiger charge is 2.38. The summed E-state index contributed by atoms with van der Waals surface area (Å²) >= 11 is 0. The first-order valence-corrected chi connectivity index (χ1v) is 23.2. The molecule has 0 saturated heterocycles. The van der Waals surface area contributed by atoms with E-state index in [1.54, 1.807) is 0 Å². The van der Waals surface area contributed by atoms with Crippen molar-refractivity contribution in [3.05, 3.63) is 223 Å². The normalized spacial score (nSPS) is 12.7. The van der Waals surface area contributed by atoms with Crippen molar-refractivity contribution in [2.24, 2.45) is 0 Å². The Labute approximate surface area is 342 Å². The number of anilines is 3. The van der Waals surface area contributed by atoms with Crippen LogP contribution in [0.1, 0.15) is 11.1 Å². The van der Waals surface area contributed by atoms with Crippen molar-refractivity contribution in [3.8, 4) is 44.5 Å². The molecule has 0 N–H and O–H groups in total. The van der Waals surface area contributed by atoms with Gasteiger partial charge in [0.25, 0.3) is 0 Å². The van der Waals surface area contributed by atoms with E-state index in [2.05, 4.69) is 242 Å². The minimum atomic E-state index is -1.98. The Bertz CT molecular complexity index is 2890. The molecule has 58 heavy (non-hydrogen) atoms. The first kappa shape index (κ1) is 35.4. The monoisotopic (exact) mass is 757 g/mol. The molecule has 9 aromatic carbocycles. The van der Waals surface area contributed by atoms with E-state index in [1.807, 2.05) is 0 Å². The van der Waals surface area contributed by atoms with Gasteiger partial charge in [0.1, 0.15) is 8.07 Å². The Morgan fingerprint density at radius 3 is 1.34 bits per heavy atom. The lowest BCUT2D eigenvalue weighted by molar-refractivity contribution is 1.29. The lowest BCUT2D eigenvalue weighted by Crippen LogP contribution is -2.49. The third-order valence-corrected chi connectivity index (χ3v) is 15.4. The van der Waals surface area contributed by atoms with Crippen LogP contribution in [0.15, 0.2) is 212 Å². The smallest absolute Gasteiger partial charge is 0.113 e. The fourth-order valence-corrected chi connectivity index (χ4v) is 11.9. The van der Waals surface area contributed by atoms with E-state index in [-0.39, 0.29) is 0 Å². The van der Waals surface area contributed by atoms with Gasteiger partial charge in [-0.2, -0.15) is 0 Å². The van der Waals surface area contributed by atoms with Crippen LogP contribution in [-0.4, -0.2) is 8.07 Å². The summed E-state index contributed by atoms with van der Waals surface area (Å²) in [6.45, 7) is 5.00. The third-order valence-electron chi connectivity index (χ3n) is 11.8. The number of hydrogen-bond acceptors (Lipinski definition) is 1. The van der Waals surface area contributed by atoms with Crippen LogP contribution in [0.2, 0.25) is 13.1 Å². The molecule has 0 amide bonds. The van der Waals surface area contributed by atoms with Crippen LogP contribution in [0.4, 0.5) is 17.1 Å². The summed E-state index contributed by atoms with van der Waals surface area (Å²) in [6.07, 6.45) is 4.53. The quantitative estimate of drug-likeness (QED) is 0.110. The average Bonchev–Trinajstić information content (AvgIpc) is 3.51. The lowest BCUT2D eigenvalue weighted by atomic mass is 9.90. The highest BCUT2D eigenvalue weighted by molar-refractivity contribution is 7.03. The van der Waals surface area contributed by atoms with Gasteiger partial charge in [0.2, 0.25) is 0 Å². The molecule has 1 nitrogen and oxygen atoms in total. The molecule has 0 unspecified atom stereocenters. The van der Waals surface area contributed by atoms with E-state index < -0.39 is 8.07 Å². The van der Waals surface area contributed by atoms with Crippen molar-refractivity contribution in [2.75, 3.05) is 4.90 Å². The molecule has 9 aromatic rings. The fraction of sp³-hybridized carbons (Fsp3) is 0.0357. The van der Waals surface area contributed by atoms with E-state index in [0.29, 0.717) is 0 Å². The molecule has 0 atom stereocenters. The minimum absolute atomic E-state index is 1.16. The van der Waals surface area contributed by atoms with Gasteiger partial charge in [0.05, 0.1) is 0 Å². The van der Waals surface area contributed by atoms with Crippen LogP contribution in [0, 0.1) is 0 Å². The van der Waals surface area contributed by atoms with Crippen LogP contribution in [-0.2, 0) is 0 Å². The van der Waals surface area contributed by atoms with Gasteiger partial charge in [0.15, 0.2) is 0 Å². The molecule has 0 fully saturated rings. The van der Waals surface area contributed by atoms with Gasteiger partial charge in [-0.25, -0.2) is 0 Å². The third kappa shape index (κ3) is 6.58. The van der Waals surface area contributed by atoms with Crippen molar-refractivity contribution in [1.29, 1.82) is 0 Å². The largest absolute Gasteiger partial charge is 0.311 e. The van der Waals surface area contributed by atoms with Gasteiger partial charge in [-0.15, -0.1) is 0 Å². The number of nitrogens with zero attached hydrogens (tertiary/aromatic N) is 1. The lowest BCUT2D eigenvalue weighted by Gasteiger charge is -2.27. The molecule has 0 bridgehead atoms. The SMILES string of the molecule is C[Si]1(C)c2cc(C=Cc3ccc(-c4cc5ccccc5cc4-c4ccc(-c5ccccc5)cc4)cc3)ccc2-c2ccc(N(c3ccccc3)c3ccccc3)cc21. The Balaban J connectivity index is 0.931. The van der Waals surface area contributed by atoms with Crippen molar-refractivity contribution < 1.29 is 0 Å².